The average molecular weight is 431 g/mol. The number of fused-ring (bicyclic) bond motifs is 2. The highest BCUT2D eigenvalue weighted by Gasteiger charge is 2.61. The van der Waals surface area contributed by atoms with Crippen LogP contribution in [0, 0.1) is 0 Å². The van der Waals surface area contributed by atoms with Crippen LogP contribution in [-0.2, 0) is 16.6 Å². The Hall–Kier alpha value is -2.88. The zero-order valence-electron chi connectivity index (χ0n) is 17.5. The molecule has 0 unspecified atom stereocenters. The summed E-state index contributed by atoms with van der Waals surface area (Å²) in [5, 5.41) is 3.66. The van der Waals surface area contributed by atoms with Crippen molar-refractivity contribution in [2.45, 2.75) is 63.7 Å². The van der Waals surface area contributed by atoms with Crippen LogP contribution >= 0.6 is 0 Å². The molecule has 2 saturated heterocycles. The number of rotatable bonds is 7. The highest BCUT2D eigenvalue weighted by Crippen LogP contribution is 2.58. The van der Waals surface area contributed by atoms with Gasteiger partial charge in [-0.2, -0.15) is 18.9 Å². The van der Waals surface area contributed by atoms with E-state index in [4.69, 9.17) is 14.5 Å². The SMILES string of the molecule is CC(C)Oc1nc2nc(C34COC(C)(C3)C4)cn2cc1CC(=O)c1ccn(C(F)F)n1. The molecule has 3 aliphatic rings. The number of hydrogen-bond acceptors (Lipinski definition) is 6. The van der Waals surface area contributed by atoms with Crippen LogP contribution in [-0.4, -0.2) is 48.2 Å². The Morgan fingerprint density at radius 1 is 1.29 bits per heavy atom. The number of hydrogen-bond donors (Lipinski definition) is 0. The van der Waals surface area contributed by atoms with Gasteiger partial charge in [0.05, 0.1) is 24.0 Å². The smallest absolute Gasteiger partial charge is 0.333 e. The predicted molar refractivity (Wildman–Crippen MR) is 106 cm³/mol. The van der Waals surface area contributed by atoms with Crippen LogP contribution in [0.3, 0.4) is 0 Å². The number of Topliss-reactive ketones (excluding diaryl/α,β-unsaturated/α-hetero) is 1. The minimum Gasteiger partial charge on any atom is -0.475 e. The zero-order chi connectivity index (χ0) is 22.0. The molecule has 0 N–H and O–H groups in total. The molecule has 2 aliphatic heterocycles. The standard InChI is InChI=1S/C21H23F2N5O3/c1-12(2)31-17-13(6-15(29)14-4-5-28(26-14)18(22)23)7-27-8-16(24-19(27)25-17)21-9-20(3,10-21)30-11-21/h4-5,7-8,12,18H,6,9-11H2,1-3H3. The third-order valence-corrected chi connectivity index (χ3v) is 5.94. The van der Waals surface area contributed by atoms with Gasteiger partial charge in [0.2, 0.25) is 11.7 Å². The van der Waals surface area contributed by atoms with Gasteiger partial charge in [-0.1, -0.05) is 0 Å². The van der Waals surface area contributed by atoms with Crippen molar-refractivity contribution in [3.8, 4) is 5.88 Å². The highest BCUT2D eigenvalue weighted by atomic mass is 19.3. The molecule has 0 radical (unpaired) electrons. The van der Waals surface area contributed by atoms with E-state index in [0.29, 0.717) is 28.5 Å². The van der Waals surface area contributed by atoms with E-state index < -0.39 is 12.3 Å². The summed E-state index contributed by atoms with van der Waals surface area (Å²) in [7, 11) is 0. The van der Waals surface area contributed by atoms with Crippen molar-refractivity contribution in [2.75, 3.05) is 6.61 Å². The van der Waals surface area contributed by atoms with E-state index in [-0.39, 0.29) is 29.2 Å². The molecule has 5 heterocycles. The maximum absolute atomic E-state index is 12.8. The molecule has 1 aliphatic carbocycles. The number of aromatic nitrogens is 5. The first-order chi connectivity index (χ1) is 14.7. The number of ether oxygens (including phenoxy) is 2. The van der Waals surface area contributed by atoms with Gasteiger partial charge in [-0.15, -0.1) is 0 Å². The quantitative estimate of drug-likeness (QED) is 0.534. The van der Waals surface area contributed by atoms with Crippen molar-refractivity contribution in [3.05, 3.63) is 41.6 Å². The van der Waals surface area contributed by atoms with E-state index in [1.807, 2.05) is 20.0 Å². The highest BCUT2D eigenvalue weighted by molar-refractivity contribution is 5.95. The second-order valence-electron chi connectivity index (χ2n) is 9.00. The van der Waals surface area contributed by atoms with Gasteiger partial charge >= 0.3 is 6.55 Å². The lowest BCUT2D eigenvalue weighted by atomic mass is 9.62. The van der Waals surface area contributed by atoms with Gasteiger partial charge in [-0.05, 0) is 39.7 Å². The van der Waals surface area contributed by atoms with Crippen LogP contribution in [0.5, 0.6) is 5.88 Å². The fraction of sp³-hybridized carbons (Fsp3) is 0.524. The Kier molecular flexibility index (Phi) is 4.40. The van der Waals surface area contributed by atoms with Crippen molar-refractivity contribution >= 4 is 11.6 Å². The van der Waals surface area contributed by atoms with E-state index in [9.17, 15) is 13.6 Å². The maximum atomic E-state index is 12.8. The van der Waals surface area contributed by atoms with Crippen molar-refractivity contribution in [2.24, 2.45) is 0 Å². The molecular formula is C21H23F2N5O3. The molecule has 6 rings (SSSR count). The normalized spacial score (nSPS) is 24.9. The Morgan fingerprint density at radius 2 is 2.06 bits per heavy atom. The molecule has 0 aromatic carbocycles. The molecule has 31 heavy (non-hydrogen) atoms. The third kappa shape index (κ3) is 3.38. The molecular weight excluding hydrogens is 408 g/mol. The van der Waals surface area contributed by atoms with E-state index in [1.165, 1.54) is 6.07 Å². The van der Waals surface area contributed by atoms with Crippen LogP contribution < -0.4 is 4.74 Å². The number of alkyl halides is 2. The molecule has 10 heteroatoms. The lowest BCUT2D eigenvalue weighted by Crippen LogP contribution is -2.45. The van der Waals surface area contributed by atoms with Gasteiger partial charge < -0.3 is 9.47 Å². The summed E-state index contributed by atoms with van der Waals surface area (Å²) < 4.78 is 39.5. The van der Waals surface area contributed by atoms with E-state index >= 15 is 0 Å². The van der Waals surface area contributed by atoms with Gasteiger partial charge in [0.15, 0.2) is 5.78 Å². The molecule has 0 atom stereocenters. The Labute approximate surface area is 177 Å². The predicted octanol–water partition coefficient (Wildman–Crippen LogP) is 3.35. The Balaban J connectivity index is 1.47. The molecule has 8 nitrogen and oxygen atoms in total. The van der Waals surface area contributed by atoms with Crippen molar-refractivity contribution in [1.29, 1.82) is 0 Å². The fourth-order valence-electron chi connectivity index (χ4n) is 4.66. The summed E-state index contributed by atoms with van der Waals surface area (Å²) in [6.45, 7) is 3.68. The number of carbonyl (C=O) groups excluding carboxylic acids is 1. The number of carbonyl (C=O) groups is 1. The largest absolute Gasteiger partial charge is 0.475 e. The summed E-state index contributed by atoms with van der Waals surface area (Å²) in [6.07, 6.45) is 6.39. The van der Waals surface area contributed by atoms with Crippen LogP contribution in [0.4, 0.5) is 8.78 Å². The summed E-state index contributed by atoms with van der Waals surface area (Å²) in [5.41, 5.74) is 1.29. The first kappa shape index (κ1) is 20.0. The summed E-state index contributed by atoms with van der Waals surface area (Å²) in [5.74, 6) is 0.394. The first-order valence-electron chi connectivity index (χ1n) is 10.2. The van der Waals surface area contributed by atoms with Gasteiger partial charge in [-0.25, -0.2) is 9.67 Å². The summed E-state index contributed by atoms with van der Waals surface area (Å²) >= 11 is 0. The monoisotopic (exact) mass is 431 g/mol. The number of halogens is 2. The zero-order valence-corrected chi connectivity index (χ0v) is 17.5. The molecule has 0 amide bonds. The van der Waals surface area contributed by atoms with Gasteiger partial charge in [-0.3, -0.25) is 9.20 Å². The lowest BCUT2D eigenvalue weighted by molar-refractivity contribution is 0.0154. The number of ketones is 1. The minimum atomic E-state index is -2.80. The van der Waals surface area contributed by atoms with Crippen molar-refractivity contribution < 1.29 is 23.0 Å². The number of nitrogens with zero attached hydrogens (tertiary/aromatic N) is 5. The van der Waals surface area contributed by atoms with Gasteiger partial charge in [0, 0.05) is 36.0 Å². The fourth-order valence-corrected chi connectivity index (χ4v) is 4.66. The minimum absolute atomic E-state index is 0.0297. The summed E-state index contributed by atoms with van der Waals surface area (Å²) in [6, 6.07) is 1.28. The van der Waals surface area contributed by atoms with Crippen molar-refractivity contribution in [1.82, 2.24) is 24.1 Å². The van der Waals surface area contributed by atoms with Crippen LogP contribution in [0.25, 0.3) is 5.78 Å². The number of imidazole rings is 1. The Bertz CT molecular complexity index is 1160. The second kappa shape index (κ2) is 6.81. The third-order valence-electron chi connectivity index (χ3n) is 5.94. The second-order valence-corrected chi connectivity index (χ2v) is 9.00. The molecule has 1 saturated carbocycles. The van der Waals surface area contributed by atoms with E-state index in [2.05, 4.69) is 17.0 Å². The van der Waals surface area contributed by atoms with E-state index in [0.717, 1.165) is 24.7 Å². The summed E-state index contributed by atoms with van der Waals surface area (Å²) in [4.78, 5) is 21.9. The van der Waals surface area contributed by atoms with Gasteiger partial charge in [0.1, 0.15) is 5.69 Å². The molecule has 3 fully saturated rings. The molecule has 3 aromatic heterocycles. The average Bonchev–Trinajstić information content (AvgIpc) is 3.42. The Morgan fingerprint density at radius 3 is 2.68 bits per heavy atom. The van der Waals surface area contributed by atoms with Crippen LogP contribution in [0.15, 0.2) is 24.7 Å². The molecule has 3 aromatic rings. The topological polar surface area (TPSA) is 83.5 Å². The van der Waals surface area contributed by atoms with E-state index in [1.54, 1.807) is 10.6 Å². The maximum Gasteiger partial charge on any atom is 0.333 e. The van der Waals surface area contributed by atoms with Crippen LogP contribution in [0.2, 0.25) is 0 Å². The van der Waals surface area contributed by atoms with Crippen LogP contribution in [0.1, 0.15) is 61.9 Å². The molecule has 0 spiro atoms. The van der Waals surface area contributed by atoms with Crippen molar-refractivity contribution in [3.63, 3.8) is 0 Å². The first-order valence-corrected chi connectivity index (χ1v) is 10.2. The van der Waals surface area contributed by atoms with Gasteiger partial charge in [0.25, 0.3) is 0 Å². The lowest BCUT2D eigenvalue weighted by Gasteiger charge is -2.41. The molecule has 164 valence electrons. The molecule has 2 bridgehead atoms.